The molecule has 3 nitrogen and oxygen atoms in total. The van der Waals surface area contributed by atoms with Gasteiger partial charge >= 0.3 is 0 Å². The van der Waals surface area contributed by atoms with Crippen molar-refractivity contribution in [3.8, 4) is 0 Å². The summed E-state index contributed by atoms with van der Waals surface area (Å²) in [5, 5.41) is 3.61. The normalized spacial score (nSPS) is 18.9. The second-order valence-corrected chi connectivity index (χ2v) is 4.73. The van der Waals surface area contributed by atoms with Crippen LogP contribution in [0.15, 0.2) is 18.3 Å². The molecule has 0 amide bonds. The number of nitrogens with one attached hydrogen (secondary N) is 1. The van der Waals surface area contributed by atoms with Crippen LogP contribution in [0.4, 0.5) is 0 Å². The molecule has 1 aliphatic rings. The molecule has 2 heterocycles. The average Bonchev–Trinajstić information content (AvgIpc) is 2.30. The molecule has 0 radical (unpaired) electrons. The highest BCUT2D eigenvalue weighted by Crippen LogP contribution is 2.10. The summed E-state index contributed by atoms with van der Waals surface area (Å²) < 4.78 is 0. The van der Waals surface area contributed by atoms with Gasteiger partial charge in [-0.25, -0.2) is 0 Å². The Morgan fingerprint density at radius 1 is 1.44 bits per heavy atom. The minimum Gasteiger partial charge on any atom is -0.308 e. The van der Waals surface area contributed by atoms with Crippen molar-refractivity contribution in [2.24, 2.45) is 0 Å². The van der Waals surface area contributed by atoms with Gasteiger partial charge < -0.3 is 10.2 Å². The van der Waals surface area contributed by atoms with Gasteiger partial charge in [0.05, 0.1) is 5.69 Å². The highest BCUT2D eigenvalue weighted by Gasteiger charge is 2.15. The summed E-state index contributed by atoms with van der Waals surface area (Å²) in [6.07, 6.45) is 4.38. The number of likely N-dealkylation sites (tertiary alicyclic amines) is 1. The highest BCUT2D eigenvalue weighted by atomic mass is 15.1. The van der Waals surface area contributed by atoms with Crippen molar-refractivity contribution in [2.45, 2.75) is 32.4 Å². The molecule has 1 aromatic heterocycles. The van der Waals surface area contributed by atoms with Crippen LogP contribution in [0.2, 0.25) is 0 Å². The Bertz CT molecular complexity index is 330. The van der Waals surface area contributed by atoms with Crippen molar-refractivity contribution in [1.82, 2.24) is 15.2 Å². The lowest BCUT2D eigenvalue weighted by atomic mass is 10.1. The lowest BCUT2D eigenvalue weighted by Gasteiger charge is -2.29. The van der Waals surface area contributed by atoms with Gasteiger partial charge in [0.2, 0.25) is 0 Å². The number of aromatic nitrogens is 1. The van der Waals surface area contributed by atoms with E-state index >= 15 is 0 Å². The van der Waals surface area contributed by atoms with Crippen molar-refractivity contribution in [3.05, 3.63) is 29.6 Å². The molecule has 0 aromatic carbocycles. The first-order valence-electron chi connectivity index (χ1n) is 6.08. The molecule has 0 spiro atoms. The Kier molecular flexibility index (Phi) is 3.91. The molecule has 0 aliphatic carbocycles. The highest BCUT2D eigenvalue weighted by molar-refractivity contribution is 5.17. The van der Waals surface area contributed by atoms with E-state index in [1.54, 1.807) is 0 Å². The van der Waals surface area contributed by atoms with Crippen LogP contribution in [0.5, 0.6) is 0 Å². The molecule has 16 heavy (non-hydrogen) atoms. The van der Waals surface area contributed by atoms with E-state index in [0.717, 1.165) is 6.54 Å². The van der Waals surface area contributed by atoms with Crippen LogP contribution in [0, 0.1) is 6.92 Å². The summed E-state index contributed by atoms with van der Waals surface area (Å²) in [4.78, 5) is 6.80. The zero-order chi connectivity index (χ0) is 11.4. The fraction of sp³-hybridized carbons (Fsp3) is 0.615. The Hall–Kier alpha value is -0.930. The second-order valence-electron chi connectivity index (χ2n) is 4.73. The summed E-state index contributed by atoms with van der Waals surface area (Å²) in [6.45, 7) is 5.44. The molecule has 0 unspecified atom stereocenters. The monoisotopic (exact) mass is 219 g/mol. The maximum absolute atomic E-state index is 4.40. The largest absolute Gasteiger partial charge is 0.308 e. The van der Waals surface area contributed by atoms with Gasteiger partial charge in [0.1, 0.15) is 0 Å². The van der Waals surface area contributed by atoms with E-state index < -0.39 is 0 Å². The van der Waals surface area contributed by atoms with Crippen LogP contribution < -0.4 is 5.32 Å². The molecule has 3 heteroatoms. The number of hydrogen-bond donors (Lipinski definition) is 1. The van der Waals surface area contributed by atoms with E-state index in [0.29, 0.717) is 6.04 Å². The van der Waals surface area contributed by atoms with Crippen LogP contribution >= 0.6 is 0 Å². The maximum Gasteiger partial charge on any atom is 0.0570 e. The van der Waals surface area contributed by atoms with Gasteiger partial charge in [-0.05, 0) is 51.5 Å². The number of piperidine rings is 1. The predicted octanol–water partition coefficient (Wildman–Crippen LogP) is 1.57. The fourth-order valence-corrected chi connectivity index (χ4v) is 2.16. The summed E-state index contributed by atoms with van der Waals surface area (Å²) >= 11 is 0. The zero-order valence-corrected chi connectivity index (χ0v) is 10.2. The summed E-state index contributed by atoms with van der Waals surface area (Å²) in [5.74, 6) is 0. The third-order valence-corrected chi connectivity index (χ3v) is 3.39. The Labute approximate surface area is 97.9 Å². The summed E-state index contributed by atoms with van der Waals surface area (Å²) in [5.41, 5.74) is 2.46. The quantitative estimate of drug-likeness (QED) is 0.836. The first-order chi connectivity index (χ1) is 7.75. The Balaban J connectivity index is 1.81. The topological polar surface area (TPSA) is 28.2 Å². The molecule has 0 atom stereocenters. The number of nitrogens with zero attached hydrogens (tertiary/aromatic N) is 2. The van der Waals surface area contributed by atoms with Gasteiger partial charge in [-0.1, -0.05) is 6.07 Å². The summed E-state index contributed by atoms with van der Waals surface area (Å²) in [7, 11) is 2.19. The van der Waals surface area contributed by atoms with E-state index in [4.69, 9.17) is 0 Å². The average molecular weight is 219 g/mol. The molecular formula is C13H21N3. The van der Waals surface area contributed by atoms with Gasteiger partial charge in [-0.15, -0.1) is 0 Å². The number of hydrogen-bond acceptors (Lipinski definition) is 3. The van der Waals surface area contributed by atoms with Crippen LogP contribution in [-0.2, 0) is 6.54 Å². The third kappa shape index (κ3) is 3.03. The van der Waals surface area contributed by atoms with Crippen LogP contribution in [-0.4, -0.2) is 36.1 Å². The first kappa shape index (κ1) is 11.6. The molecule has 1 aromatic rings. The number of rotatable bonds is 3. The molecule has 1 saturated heterocycles. The van der Waals surface area contributed by atoms with Crippen LogP contribution in [0.25, 0.3) is 0 Å². The molecule has 1 fully saturated rings. The van der Waals surface area contributed by atoms with Gasteiger partial charge in [0.25, 0.3) is 0 Å². The van der Waals surface area contributed by atoms with E-state index in [-0.39, 0.29) is 0 Å². The molecule has 2 rings (SSSR count). The fourth-order valence-electron chi connectivity index (χ4n) is 2.16. The van der Waals surface area contributed by atoms with Gasteiger partial charge in [-0.2, -0.15) is 0 Å². The summed E-state index contributed by atoms with van der Waals surface area (Å²) in [6, 6.07) is 4.78. The Morgan fingerprint density at radius 3 is 2.88 bits per heavy atom. The smallest absolute Gasteiger partial charge is 0.0570 e. The van der Waals surface area contributed by atoms with Crippen molar-refractivity contribution in [1.29, 1.82) is 0 Å². The molecular weight excluding hydrogens is 198 g/mol. The molecule has 1 N–H and O–H groups in total. The zero-order valence-electron chi connectivity index (χ0n) is 10.2. The van der Waals surface area contributed by atoms with Crippen LogP contribution in [0.3, 0.4) is 0 Å². The molecule has 0 bridgehead atoms. The van der Waals surface area contributed by atoms with Gasteiger partial charge in [0, 0.05) is 18.8 Å². The van der Waals surface area contributed by atoms with Crippen molar-refractivity contribution in [3.63, 3.8) is 0 Å². The standard InChI is InChI=1S/C13H21N3/c1-11-4-3-7-14-13(11)10-15-12-5-8-16(2)9-6-12/h3-4,7,12,15H,5-6,8-10H2,1-2H3. The second kappa shape index (κ2) is 5.41. The van der Waals surface area contributed by atoms with E-state index in [1.165, 1.54) is 37.2 Å². The molecule has 1 aliphatic heterocycles. The number of pyridine rings is 1. The first-order valence-corrected chi connectivity index (χ1v) is 6.08. The van der Waals surface area contributed by atoms with E-state index in [9.17, 15) is 0 Å². The lowest BCUT2D eigenvalue weighted by molar-refractivity contribution is 0.233. The Morgan fingerprint density at radius 2 is 2.19 bits per heavy atom. The molecule has 88 valence electrons. The number of aryl methyl sites for hydroxylation is 1. The minimum atomic E-state index is 0.664. The molecule has 0 saturated carbocycles. The minimum absolute atomic E-state index is 0.664. The van der Waals surface area contributed by atoms with Crippen LogP contribution in [0.1, 0.15) is 24.1 Å². The maximum atomic E-state index is 4.40. The lowest BCUT2D eigenvalue weighted by Crippen LogP contribution is -2.40. The van der Waals surface area contributed by atoms with Crippen molar-refractivity contribution < 1.29 is 0 Å². The third-order valence-electron chi connectivity index (χ3n) is 3.39. The van der Waals surface area contributed by atoms with E-state index in [1.807, 2.05) is 12.3 Å². The van der Waals surface area contributed by atoms with E-state index in [2.05, 4.69) is 35.2 Å². The van der Waals surface area contributed by atoms with Gasteiger partial charge in [0.15, 0.2) is 0 Å². The SMILES string of the molecule is Cc1cccnc1CNC1CCN(C)CC1. The van der Waals surface area contributed by atoms with Crippen molar-refractivity contribution >= 4 is 0 Å². The van der Waals surface area contributed by atoms with Crippen molar-refractivity contribution in [2.75, 3.05) is 20.1 Å². The predicted molar refractivity (Wildman–Crippen MR) is 66.3 cm³/mol. The van der Waals surface area contributed by atoms with Gasteiger partial charge in [-0.3, -0.25) is 4.98 Å².